The molecule has 0 aliphatic carbocycles. The Hall–Kier alpha value is -2.89. The van der Waals surface area contributed by atoms with E-state index in [2.05, 4.69) is 19.2 Å². The van der Waals surface area contributed by atoms with Gasteiger partial charge in [0.05, 0.1) is 13.2 Å². The lowest BCUT2D eigenvalue weighted by molar-refractivity contribution is -0.150. The van der Waals surface area contributed by atoms with Crippen molar-refractivity contribution in [3.63, 3.8) is 0 Å². The summed E-state index contributed by atoms with van der Waals surface area (Å²) in [6.45, 7) is 14.7. The second-order valence-electron chi connectivity index (χ2n) is 14.3. The fraction of sp³-hybridized carbons (Fsp3) is 0.861. The van der Waals surface area contributed by atoms with Gasteiger partial charge in [0.2, 0.25) is 5.91 Å². The number of ether oxygens (including phenoxy) is 4. The van der Waals surface area contributed by atoms with Gasteiger partial charge in [0.15, 0.2) is 0 Å². The summed E-state index contributed by atoms with van der Waals surface area (Å²) in [6, 6.07) is -2.63. The average molecular weight is 686 g/mol. The minimum absolute atomic E-state index is 0.0132. The Bertz CT molecular complexity index is 916. The first-order valence-electron chi connectivity index (χ1n) is 18.1. The largest absolute Gasteiger partial charge is 0.466 e. The Morgan fingerprint density at radius 3 is 1.56 bits per heavy atom. The molecule has 3 amide bonds. The molecule has 0 saturated heterocycles. The average Bonchev–Trinajstić information content (AvgIpc) is 2.98. The van der Waals surface area contributed by atoms with E-state index in [0.29, 0.717) is 11.3 Å². The van der Waals surface area contributed by atoms with Crippen LogP contribution < -0.4 is 11.1 Å². The molecule has 12 heteroatoms. The maximum atomic E-state index is 13.9. The van der Waals surface area contributed by atoms with Crippen molar-refractivity contribution in [1.29, 1.82) is 0 Å². The molecule has 0 heterocycles. The zero-order valence-electron chi connectivity index (χ0n) is 31.3. The molecule has 48 heavy (non-hydrogen) atoms. The van der Waals surface area contributed by atoms with Gasteiger partial charge in [-0.2, -0.15) is 4.90 Å². The van der Waals surface area contributed by atoms with Crippen molar-refractivity contribution in [1.82, 2.24) is 10.2 Å². The molecule has 0 unspecified atom stereocenters. The van der Waals surface area contributed by atoms with Gasteiger partial charge in [-0.1, -0.05) is 78.1 Å². The number of imide groups is 1. The van der Waals surface area contributed by atoms with Crippen molar-refractivity contribution in [2.24, 2.45) is 5.73 Å². The lowest BCUT2D eigenvalue weighted by atomic mass is 10.1. The Morgan fingerprint density at radius 1 is 0.646 bits per heavy atom. The second-order valence-corrected chi connectivity index (χ2v) is 14.3. The van der Waals surface area contributed by atoms with E-state index in [4.69, 9.17) is 24.7 Å². The fourth-order valence-electron chi connectivity index (χ4n) is 4.72. The Kier molecular flexibility index (Phi) is 23.6. The van der Waals surface area contributed by atoms with Crippen LogP contribution in [0.3, 0.4) is 0 Å². The van der Waals surface area contributed by atoms with E-state index in [-0.39, 0.29) is 45.4 Å². The van der Waals surface area contributed by atoms with Gasteiger partial charge in [0.25, 0.3) is 0 Å². The molecule has 280 valence electrons. The molecule has 0 aliphatic heterocycles. The number of esters is 2. The van der Waals surface area contributed by atoms with Gasteiger partial charge in [0, 0.05) is 6.42 Å². The van der Waals surface area contributed by atoms with E-state index < -0.39 is 53.3 Å². The summed E-state index contributed by atoms with van der Waals surface area (Å²) in [5.74, 6) is -2.00. The number of nitrogens with zero attached hydrogens (tertiary/aromatic N) is 1. The van der Waals surface area contributed by atoms with Crippen LogP contribution in [0.25, 0.3) is 0 Å². The van der Waals surface area contributed by atoms with Crippen LogP contribution in [0.5, 0.6) is 0 Å². The van der Waals surface area contributed by atoms with Gasteiger partial charge in [-0.25, -0.2) is 14.4 Å². The maximum absolute atomic E-state index is 13.9. The number of unbranched alkanes of at least 4 members (excludes halogenated alkanes) is 10. The molecule has 0 aromatic carbocycles. The number of hydrogen-bond donors (Lipinski definition) is 2. The van der Waals surface area contributed by atoms with Crippen LogP contribution in [0, 0.1) is 0 Å². The minimum atomic E-state index is -1.41. The Balaban J connectivity index is 5.89. The monoisotopic (exact) mass is 685 g/mol. The topological polar surface area (TPSA) is 164 Å². The van der Waals surface area contributed by atoms with Crippen molar-refractivity contribution in [3.8, 4) is 0 Å². The van der Waals surface area contributed by atoms with Gasteiger partial charge < -0.3 is 30.0 Å². The third-order valence-electron chi connectivity index (χ3n) is 7.22. The number of nitrogens with one attached hydrogen (secondary N) is 1. The number of carbonyl (C=O) groups is 5. The normalized spacial score (nSPS) is 12.9. The third kappa shape index (κ3) is 22.6. The van der Waals surface area contributed by atoms with Crippen LogP contribution in [-0.2, 0) is 33.3 Å². The van der Waals surface area contributed by atoms with E-state index in [1.165, 1.54) is 6.42 Å². The lowest BCUT2D eigenvalue weighted by Crippen LogP contribution is -2.57. The zero-order valence-corrected chi connectivity index (χ0v) is 31.3. The highest BCUT2D eigenvalue weighted by Crippen LogP contribution is 2.20. The Labute approximate surface area is 289 Å². The summed E-state index contributed by atoms with van der Waals surface area (Å²) in [5.41, 5.74) is 3.78. The van der Waals surface area contributed by atoms with E-state index in [1.54, 1.807) is 41.5 Å². The van der Waals surface area contributed by atoms with Gasteiger partial charge in [-0.3, -0.25) is 9.59 Å². The fourth-order valence-corrected chi connectivity index (χ4v) is 4.72. The maximum Gasteiger partial charge on any atom is 0.420 e. The summed E-state index contributed by atoms with van der Waals surface area (Å²) in [5, 5.41) is 2.64. The highest BCUT2D eigenvalue weighted by Gasteiger charge is 2.41. The standard InChI is InChI=1S/C36H67N3O9/c1-9-11-13-15-17-19-26-45-30(40)24-23-28(32(42)46-27-20-18-16-14-12-10-2)38-31(41)29(22-21-25-37)39(33(43)47-35(3,4)5)34(44)48-36(6,7)8/h28-29H,9-27,37H2,1-8H3,(H,38,41)/t28-,29-/m0/s1. The van der Waals surface area contributed by atoms with Crippen LogP contribution in [0.4, 0.5) is 9.59 Å². The SMILES string of the molecule is CCCCCCCCOC(=O)CC[C@H](NC(=O)[C@H](CCCN)N(C(=O)OC(C)(C)C)C(=O)OC(C)(C)C)C(=O)OCCCCCCCC. The van der Waals surface area contributed by atoms with Gasteiger partial charge >= 0.3 is 24.1 Å². The predicted molar refractivity (Wildman–Crippen MR) is 186 cm³/mol. The highest BCUT2D eigenvalue weighted by molar-refractivity contribution is 5.97. The lowest BCUT2D eigenvalue weighted by Gasteiger charge is -2.33. The summed E-state index contributed by atoms with van der Waals surface area (Å²) < 4.78 is 21.8. The minimum Gasteiger partial charge on any atom is -0.466 e. The molecule has 0 fully saturated rings. The quantitative estimate of drug-likeness (QED) is 0.0597. The third-order valence-corrected chi connectivity index (χ3v) is 7.22. The molecule has 0 radical (unpaired) electrons. The van der Waals surface area contributed by atoms with E-state index in [0.717, 1.165) is 64.2 Å². The first-order valence-corrected chi connectivity index (χ1v) is 18.1. The summed E-state index contributed by atoms with van der Waals surface area (Å²) in [6.07, 6.45) is 10.2. The molecule has 12 nitrogen and oxygen atoms in total. The first-order chi connectivity index (χ1) is 22.6. The smallest absolute Gasteiger partial charge is 0.420 e. The molecule has 0 aliphatic rings. The van der Waals surface area contributed by atoms with Gasteiger partial charge in [0.1, 0.15) is 23.3 Å². The van der Waals surface area contributed by atoms with Crippen molar-refractivity contribution in [2.45, 2.75) is 181 Å². The van der Waals surface area contributed by atoms with Crippen LogP contribution >= 0.6 is 0 Å². The molecular formula is C36H67N3O9. The van der Waals surface area contributed by atoms with E-state index in [9.17, 15) is 24.0 Å². The molecule has 0 rings (SSSR count). The summed E-state index contributed by atoms with van der Waals surface area (Å²) in [4.78, 5) is 67.0. The number of nitrogens with two attached hydrogens (primary N) is 1. The van der Waals surface area contributed by atoms with E-state index >= 15 is 0 Å². The second kappa shape index (κ2) is 25.1. The van der Waals surface area contributed by atoms with Crippen LogP contribution in [0.1, 0.15) is 158 Å². The number of carbonyl (C=O) groups excluding carboxylic acids is 5. The first kappa shape index (κ1) is 45.1. The summed E-state index contributed by atoms with van der Waals surface area (Å²) >= 11 is 0. The van der Waals surface area contributed by atoms with E-state index in [1.807, 2.05) is 0 Å². The zero-order chi connectivity index (χ0) is 36.6. The van der Waals surface area contributed by atoms with Gasteiger partial charge in [-0.05, 0) is 80.2 Å². The molecular weight excluding hydrogens is 618 g/mol. The van der Waals surface area contributed by atoms with Gasteiger partial charge in [-0.15, -0.1) is 0 Å². The molecule has 0 bridgehead atoms. The van der Waals surface area contributed by atoms with Crippen molar-refractivity contribution < 1.29 is 42.9 Å². The van der Waals surface area contributed by atoms with Crippen LogP contribution in [0.2, 0.25) is 0 Å². The molecule has 0 aromatic heterocycles. The molecule has 3 N–H and O–H groups in total. The van der Waals surface area contributed by atoms with Crippen molar-refractivity contribution in [3.05, 3.63) is 0 Å². The number of rotatable bonds is 24. The molecule has 0 aromatic rings. The molecule has 0 spiro atoms. The van der Waals surface area contributed by atoms with Crippen LogP contribution in [-0.4, -0.2) is 78.0 Å². The predicted octanol–water partition coefficient (Wildman–Crippen LogP) is 7.34. The number of hydrogen-bond acceptors (Lipinski definition) is 10. The van der Waals surface area contributed by atoms with Crippen LogP contribution in [0.15, 0.2) is 0 Å². The summed E-state index contributed by atoms with van der Waals surface area (Å²) in [7, 11) is 0. The molecule has 0 saturated carbocycles. The van der Waals surface area contributed by atoms with Crippen molar-refractivity contribution in [2.75, 3.05) is 19.8 Å². The Morgan fingerprint density at radius 2 is 1.10 bits per heavy atom. The number of amides is 3. The van der Waals surface area contributed by atoms with Crippen molar-refractivity contribution >= 4 is 30.0 Å². The molecule has 2 atom stereocenters. The highest BCUT2D eigenvalue weighted by atomic mass is 16.6.